The zero-order valence-corrected chi connectivity index (χ0v) is 10.7. The van der Waals surface area contributed by atoms with Crippen LogP contribution in [0.3, 0.4) is 0 Å². The van der Waals surface area contributed by atoms with Gasteiger partial charge in [-0.25, -0.2) is 4.98 Å². The lowest BCUT2D eigenvalue weighted by Crippen LogP contribution is -2.36. The highest BCUT2D eigenvalue weighted by Crippen LogP contribution is 2.41. The van der Waals surface area contributed by atoms with E-state index in [1.807, 2.05) is 0 Å². The molecule has 98 valence electrons. The lowest BCUT2D eigenvalue weighted by Gasteiger charge is -2.23. The van der Waals surface area contributed by atoms with E-state index in [-0.39, 0.29) is 23.8 Å². The SMILES string of the molecule is Nc1nc(C(=O)N2C[C@H]3COC[C@@]3(CO)C2)cs1. The number of aliphatic hydroxyl groups is 1. The third-order valence-corrected chi connectivity index (χ3v) is 4.54. The molecule has 3 N–H and O–H groups in total. The molecular formula is C11H15N3O3S. The third kappa shape index (κ3) is 1.70. The maximum absolute atomic E-state index is 12.2. The monoisotopic (exact) mass is 269 g/mol. The van der Waals surface area contributed by atoms with Crippen molar-refractivity contribution in [2.24, 2.45) is 11.3 Å². The van der Waals surface area contributed by atoms with Gasteiger partial charge in [0.2, 0.25) is 0 Å². The van der Waals surface area contributed by atoms with Crippen LogP contribution in [0.2, 0.25) is 0 Å². The minimum absolute atomic E-state index is 0.0562. The summed E-state index contributed by atoms with van der Waals surface area (Å²) in [7, 11) is 0. The highest BCUT2D eigenvalue weighted by Gasteiger charge is 2.51. The number of aromatic nitrogens is 1. The van der Waals surface area contributed by atoms with E-state index in [0.717, 1.165) is 0 Å². The van der Waals surface area contributed by atoms with Gasteiger partial charge in [0.15, 0.2) is 5.13 Å². The summed E-state index contributed by atoms with van der Waals surface area (Å²) in [6.07, 6.45) is 0. The lowest BCUT2D eigenvalue weighted by molar-refractivity contribution is 0.0627. The highest BCUT2D eigenvalue weighted by molar-refractivity contribution is 7.13. The Labute approximate surface area is 108 Å². The number of fused-ring (bicyclic) bond motifs is 1. The molecule has 2 saturated heterocycles. The molecule has 0 bridgehead atoms. The summed E-state index contributed by atoms with van der Waals surface area (Å²) in [4.78, 5) is 18.0. The first-order valence-corrected chi connectivity index (χ1v) is 6.71. The van der Waals surface area contributed by atoms with Gasteiger partial charge in [-0.1, -0.05) is 0 Å². The first-order chi connectivity index (χ1) is 8.64. The Hall–Kier alpha value is -1.18. The second kappa shape index (κ2) is 4.18. The summed E-state index contributed by atoms with van der Waals surface area (Å²) in [6.45, 7) is 2.35. The fraction of sp³-hybridized carbons (Fsp3) is 0.636. The van der Waals surface area contributed by atoms with Crippen LogP contribution in [0, 0.1) is 11.3 Å². The van der Waals surface area contributed by atoms with Gasteiger partial charge in [0, 0.05) is 29.8 Å². The van der Waals surface area contributed by atoms with E-state index >= 15 is 0 Å². The van der Waals surface area contributed by atoms with Crippen LogP contribution >= 0.6 is 11.3 Å². The first kappa shape index (κ1) is 11.9. The van der Waals surface area contributed by atoms with E-state index in [4.69, 9.17) is 10.5 Å². The second-order valence-corrected chi connectivity index (χ2v) is 5.88. The topological polar surface area (TPSA) is 88.7 Å². The Morgan fingerprint density at radius 2 is 2.61 bits per heavy atom. The number of ether oxygens (including phenoxy) is 1. The zero-order valence-electron chi connectivity index (χ0n) is 9.83. The third-order valence-electron chi connectivity index (χ3n) is 3.86. The molecule has 0 unspecified atom stereocenters. The van der Waals surface area contributed by atoms with Crippen LogP contribution in [-0.4, -0.2) is 53.8 Å². The van der Waals surface area contributed by atoms with Crippen molar-refractivity contribution in [3.63, 3.8) is 0 Å². The Morgan fingerprint density at radius 3 is 3.22 bits per heavy atom. The number of hydrogen-bond donors (Lipinski definition) is 2. The van der Waals surface area contributed by atoms with Gasteiger partial charge in [-0.2, -0.15) is 0 Å². The highest BCUT2D eigenvalue weighted by atomic mass is 32.1. The van der Waals surface area contributed by atoms with Gasteiger partial charge < -0.3 is 20.5 Å². The maximum atomic E-state index is 12.2. The van der Waals surface area contributed by atoms with Crippen molar-refractivity contribution in [2.45, 2.75) is 0 Å². The van der Waals surface area contributed by atoms with E-state index in [9.17, 15) is 9.90 Å². The molecule has 6 nitrogen and oxygen atoms in total. The maximum Gasteiger partial charge on any atom is 0.273 e. The Kier molecular flexibility index (Phi) is 2.76. The molecular weight excluding hydrogens is 254 g/mol. The number of thiazole rings is 1. The summed E-state index contributed by atoms with van der Waals surface area (Å²) in [5.74, 6) is 0.118. The van der Waals surface area contributed by atoms with Crippen molar-refractivity contribution < 1.29 is 14.6 Å². The standard InChI is InChI=1S/C11H15N3O3S/c12-10-13-8(3-18-10)9(16)14-1-7-2-17-6-11(7,4-14)5-15/h3,7,15H,1-2,4-6H2,(H2,12,13)/t7-,11-/m0/s1. The molecule has 0 aliphatic carbocycles. The summed E-state index contributed by atoms with van der Waals surface area (Å²) in [5, 5.41) is 11.6. The summed E-state index contributed by atoms with van der Waals surface area (Å²) in [5.41, 5.74) is 5.65. The van der Waals surface area contributed by atoms with Crippen LogP contribution in [0.15, 0.2) is 5.38 Å². The number of nitrogens with two attached hydrogens (primary N) is 1. The van der Waals surface area contributed by atoms with Crippen molar-refractivity contribution in [2.75, 3.05) is 38.6 Å². The lowest BCUT2D eigenvalue weighted by atomic mass is 9.82. The number of anilines is 1. The molecule has 1 amide bonds. The molecule has 1 aromatic rings. The Balaban J connectivity index is 1.78. The minimum Gasteiger partial charge on any atom is -0.396 e. The number of rotatable bonds is 2. The fourth-order valence-corrected chi connectivity index (χ4v) is 3.30. The smallest absolute Gasteiger partial charge is 0.273 e. The number of carbonyl (C=O) groups is 1. The van der Waals surface area contributed by atoms with Crippen molar-refractivity contribution >= 4 is 22.4 Å². The van der Waals surface area contributed by atoms with Crippen molar-refractivity contribution in [1.29, 1.82) is 0 Å². The molecule has 18 heavy (non-hydrogen) atoms. The van der Waals surface area contributed by atoms with Crippen LogP contribution in [-0.2, 0) is 4.74 Å². The quantitative estimate of drug-likeness (QED) is 0.776. The van der Waals surface area contributed by atoms with Gasteiger partial charge in [-0.15, -0.1) is 11.3 Å². The van der Waals surface area contributed by atoms with Crippen LogP contribution in [0.5, 0.6) is 0 Å². The van der Waals surface area contributed by atoms with E-state index < -0.39 is 0 Å². The molecule has 0 spiro atoms. The van der Waals surface area contributed by atoms with Crippen molar-refractivity contribution in [1.82, 2.24) is 9.88 Å². The number of hydrogen-bond acceptors (Lipinski definition) is 6. The number of amides is 1. The summed E-state index contributed by atoms with van der Waals surface area (Å²) < 4.78 is 5.41. The molecule has 3 heterocycles. The number of aliphatic hydroxyl groups excluding tert-OH is 1. The molecule has 0 radical (unpaired) electrons. The van der Waals surface area contributed by atoms with Crippen LogP contribution in [0.4, 0.5) is 5.13 Å². The van der Waals surface area contributed by atoms with E-state index in [1.165, 1.54) is 11.3 Å². The second-order valence-electron chi connectivity index (χ2n) is 4.99. The summed E-state index contributed by atoms with van der Waals surface area (Å²) >= 11 is 1.26. The molecule has 2 atom stereocenters. The predicted molar refractivity (Wildman–Crippen MR) is 66.3 cm³/mol. The van der Waals surface area contributed by atoms with Gasteiger partial charge in [0.25, 0.3) is 5.91 Å². The van der Waals surface area contributed by atoms with Gasteiger partial charge in [-0.3, -0.25) is 4.79 Å². The number of nitrogen functional groups attached to an aromatic ring is 1. The molecule has 7 heteroatoms. The van der Waals surface area contributed by atoms with E-state index in [1.54, 1.807) is 10.3 Å². The number of likely N-dealkylation sites (tertiary alicyclic amines) is 1. The van der Waals surface area contributed by atoms with Crippen molar-refractivity contribution in [3.05, 3.63) is 11.1 Å². The molecule has 0 saturated carbocycles. The predicted octanol–water partition coefficient (Wildman–Crippen LogP) is -0.194. The van der Waals surface area contributed by atoms with E-state index in [2.05, 4.69) is 4.98 Å². The molecule has 2 aliphatic rings. The molecule has 2 fully saturated rings. The van der Waals surface area contributed by atoms with Crippen LogP contribution < -0.4 is 5.73 Å². The minimum atomic E-state index is -0.281. The zero-order chi connectivity index (χ0) is 12.8. The van der Waals surface area contributed by atoms with E-state index in [0.29, 0.717) is 37.1 Å². The number of nitrogens with zero attached hydrogens (tertiary/aromatic N) is 2. The largest absolute Gasteiger partial charge is 0.396 e. The van der Waals surface area contributed by atoms with Gasteiger partial charge in [0.1, 0.15) is 5.69 Å². The normalized spacial score (nSPS) is 30.7. The van der Waals surface area contributed by atoms with Gasteiger partial charge >= 0.3 is 0 Å². The van der Waals surface area contributed by atoms with Crippen LogP contribution in [0.25, 0.3) is 0 Å². The Morgan fingerprint density at radius 1 is 1.78 bits per heavy atom. The average molecular weight is 269 g/mol. The first-order valence-electron chi connectivity index (χ1n) is 5.83. The molecule has 1 aromatic heterocycles. The average Bonchev–Trinajstić information content (AvgIpc) is 3.00. The fourth-order valence-electron chi connectivity index (χ4n) is 2.76. The number of carbonyl (C=O) groups excluding carboxylic acids is 1. The van der Waals surface area contributed by atoms with Crippen LogP contribution in [0.1, 0.15) is 10.5 Å². The summed E-state index contributed by atoms with van der Waals surface area (Å²) in [6, 6.07) is 0. The van der Waals surface area contributed by atoms with Gasteiger partial charge in [-0.05, 0) is 0 Å². The molecule has 2 aliphatic heterocycles. The Bertz CT molecular complexity index is 478. The molecule has 0 aromatic carbocycles. The molecule has 3 rings (SSSR count). The van der Waals surface area contributed by atoms with Gasteiger partial charge in [0.05, 0.1) is 19.8 Å². The van der Waals surface area contributed by atoms with Crippen molar-refractivity contribution in [3.8, 4) is 0 Å².